The third kappa shape index (κ3) is 5.95. The molecule has 11 heteroatoms. The highest BCUT2D eigenvalue weighted by molar-refractivity contribution is 6.31. The molecule has 0 spiro atoms. The van der Waals surface area contributed by atoms with E-state index in [1.165, 1.54) is 25.4 Å². The predicted molar refractivity (Wildman–Crippen MR) is 149 cm³/mol. The van der Waals surface area contributed by atoms with Gasteiger partial charge in [-0.2, -0.15) is 4.73 Å². The summed E-state index contributed by atoms with van der Waals surface area (Å²) in [5.41, 5.74) is 1.46. The largest absolute Gasteiger partial charge is 0.618 e. The van der Waals surface area contributed by atoms with E-state index in [-0.39, 0.29) is 35.0 Å². The third-order valence-electron chi connectivity index (χ3n) is 7.28. The minimum absolute atomic E-state index is 0.00826. The Morgan fingerprint density at radius 1 is 1.21 bits per heavy atom. The smallest absolute Gasteiger partial charge is 0.309 e. The van der Waals surface area contributed by atoms with Crippen molar-refractivity contribution in [2.24, 2.45) is 4.99 Å². The van der Waals surface area contributed by atoms with Crippen LogP contribution in [0, 0.1) is 16.8 Å². The number of ether oxygens (including phenoxy) is 1. The van der Waals surface area contributed by atoms with Crippen LogP contribution in [-0.2, 0) is 20.7 Å². The van der Waals surface area contributed by atoms with Crippen LogP contribution in [0.5, 0.6) is 0 Å². The number of amides is 1. The Hall–Kier alpha value is -4.41. The summed E-state index contributed by atoms with van der Waals surface area (Å²) in [6, 6.07) is 10.2. The molecule has 3 heterocycles. The summed E-state index contributed by atoms with van der Waals surface area (Å²) in [7, 11) is 1.29. The van der Waals surface area contributed by atoms with Crippen LogP contribution in [0.2, 0.25) is 5.02 Å². The number of halogens is 3. The molecule has 2 bridgehead atoms. The van der Waals surface area contributed by atoms with Crippen molar-refractivity contribution in [1.82, 2.24) is 5.06 Å². The number of aromatic nitrogens is 1. The zero-order chi connectivity index (χ0) is 30.0. The number of carbonyl (C=O) groups is 2. The molecule has 1 N–H and O–H groups in total. The number of carbonyl (C=O) groups excluding carboxylic acids is 2. The average Bonchev–Trinajstić information content (AvgIpc) is 2.96. The molecule has 216 valence electrons. The molecule has 1 aromatic heterocycles. The standard InChI is InChI=1S/C31H26ClF2N3O5/c1-42-29(39)15-18-6-8-21-19-12-13-36(40)27(16-19)22(4-2-3-5-28(38)35-25(21)14-18)26-11-7-20(17-37(26)41)30-24(33)10-9-23(32)31(30)34/h6-14,16-17,22,40H,2-5,15H2,1H3. The fourth-order valence-electron chi connectivity index (χ4n) is 5.17. The van der Waals surface area contributed by atoms with Gasteiger partial charge in [0.1, 0.15) is 5.82 Å². The lowest BCUT2D eigenvalue weighted by Gasteiger charge is -2.27. The summed E-state index contributed by atoms with van der Waals surface area (Å²) in [5, 5.41) is 25.8. The summed E-state index contributed by atoms with van der Waals surface area (Å²) < 4.78 is 34.5. The van der Waals surface area contributed by atoms with Gasteiger partial charge in [-0.3, -0.25) is 14.8 Å². The first-order chi connectivity index (χ1) is 20.2. The molecule has 2 aromatic carbocycles. The molecule has 1 unspecified atom stereocenters. The second-order valence-electron chi connectivity index (χ2n) is 9.98. The van der Waals surface area contributed by atoms with Crippen LogP contribution in [0.1, 0.15) is 42.9 Å². The number of benzene rings is 2. The molecule has 42 heavy (non-hydrogen) atoms. The first kappa shape index (κ1) is 29.1. The van der Waals surface area contributed by atoms with Crippen LogP contribution in [0.15, 0.2) is 77.7 Å². The van der Waals surface area contributed by atoms with E-state index in [0.29, 0.717) is 51.4 Å². The molecule has 0 saturated carbocycles. The van der Waals surface area contributed by atoms with Gasteiger partial charge in [-0.1, -0.05) is 30.2 Å². The summed E-state index contributed by atoms with van der Waals surface area (Å²) in [6.45, 7) is 0. The molecule has 2 aliphatic heterocycles. The summed E-state index contributed by atoms with van der Waals surface area (Å²) in [5.74, 6) is -3.23. The van der Waals surface area contributed by atoms with Crippen LogP contribution in [0.3, 0.4) is 0 Å². The lowest BCUT2D eigenvalue weighted by molar-refractivity contribution is -0.614. The molecule has 0 saturated heterocycles. The van der Waals surface area contributed by atoms with E-state index in [2.05, 4.69) is 4.99 Å². The van der Waals surface area contributed by atoms with Gasteiger partial charge in [-0.25, -0.2) is 18.8 Å². The summed E-state index contributed by atoms with van der Waals surface area (Å²) in [4.78, 5) is 28.9. The number of rotatable bonds is 4. The van der Waals surface area contributed by atoms with E-state index < -0.39 is 29.1 Å². The number of pyridine rings is 1. The quantitative estimate of drug-likeness (QED) is 0.208. The molecular formula is C31H26ClF2N3O5. The zero-order valence-electron chi connectivity index (χ0n) is 22.5. The topological polar surface area (TPSA) is 106 Å². The van der Waals surface area contributed by atoms with Gasteiger partial charge < -0.3 is 9.94 Å². The van der Waals surface area contributed by atoms with Crippen molar-refractivity contribution >= 4 is 29.1 Å². The van der Waals surface area contributed by atoms with E-state index in [0.717, 1.165) is 23.4 Å². The second-order valence-corrected chi connectivity index (χ2v) is 10.4. The van der Waals surface area contributed by atoms with Gasteiger partial charge in [-0.15, -0.1) is 0 Å². The molecular weight excluding hydrogens is 568 g/mol. The minimum Gasteiger partial charge on any atom is -0.618 e. The lowest BCUT2D eigenvalue weighted by Crippen LogP contribution is -2.36. The van der Waals surface area contributed by atoms with Gasteiger partial charge in [0.05, 0.1) is 46.7 Å². The Labute approximate surface area is 244 Å². The molecule has 8 nitrogen and oxygen atoms in total. The van der Waals surface area contributed by atoms with Crippen LogP contribution < -0.4 is 15.3 Å². The SMILES string of the molecule is COC(=O)Cc1ccc2c(c1)=NC(=O)CCCCC(c1ccc(-c3c(F)ccc(Cl)c3F)c[n+]1[O-])C1=CC=2C=CN1O. The molecule has 2 aliphatic rings. The normalized spacial score (nSPS) is 17.0. The van der Waals surface area contributed by atoms with Crippen LogP contribution in [-0.4, -0.2) is 29.3 Å². The Bertz CT molecular complexity index is 1770. The second kappa shape index (κ2) is 12.2. The monoisotopic (exact) mass is 593 g/mol. The highest BCUT2D eigenvalue weighted by atomic mass is 35.5. The molecule has 0 fully saturated rings. The molecule has 5 rings (SSSR count). The summed E-state index contributed by atoms with van der Waals surface area (Å²) in [6.07, 6.45) is 7.40. The highest BCUT2D eigenvalue weighted by Gasteiger charge is 2.30. The number of esters is 1. The number of nitrogens with zero attached hydrogens (tertiary/aromatic N) is 3. The number of hydrogen-bond donors (Lipinski definition) is 1. The van der Waals surface area contributed by atoms with Gasteiger partial charge >= 0.3 is 5.97 Å². The van der Waals surface area contributed by atoms with E-state index in [4.69, 9.17) is 16.3 Å². The van der Waals surface area contributed by atoms with E-state index in [1.807, 2.05) is 0 Å². The first-order valence-corrected chi connectivity index (χ1v) is 13.6. The molecule has 1 atom stereocenters. The maximum absolute atomic E-state index is 14.7. The number of hydrogen-bond acceptors (Lipinski definition) is 6. The van der Waals surface area contributed by atoms with Crippen molar-refractivity contribution in [3.8, 4) is 11.1 Å². The van der Waals surface area contributed by atoms with Crippen molar-refractivity contribution in [2.75, 3.05) is 7.11 Å². The number of hydroxylamine groups is 2. The van der Waals surface area contributed by atoms with Crippen molar-refractivity contribution in [3.63, 3.8) is 0 Å². The van der Waals surface area contributed by atoms with Gasteiger partial charge in [0.15, 0.2) is 12.0 Å². The number of fused-ring (bicyclic) bond motifs is 2. The van der Waals surface area contributed by atoms with Gasteiger partial charge in [-0.05, 0) is 60.4 Å². The first-order valence-electron chi connectivity index (χ1n) is 13.2. The lowest BCUT2D eigenvalue weighted by atomic mass is 9.90. The fraction of sp³-hybridized carbons (Fsp3) is 0.226. The van der Waals surface area contributed by atoms with Crippen molar-refractivity contribution in [1.29, 1.82) is 0 Å². The number of allylic oxidation sites excluding steroid dienone is 3. The molecule has 0 aliphatic carbocycles. The van der Waals surface area contributed by atoms with E-state index >= 15 is 0 Å². The Morgan fingerprint density at radius 2 is 2.02 bits per heavy atom. The van der Waals surface area contributed by atoms with Gasteiger partial charge in [0, 0.05) is 23.9 Å². The average molecular weight is 594 g/mol. The fourth-order valence-corrected chi connectivity index (χ4v) is 5.32. The zero-order valence-corrected chi connectivity index (χ0v) is 23.3. The van der Waals surface area contributed by atoms with E-state index in [1.54, 1.807) is 30.4 Å². The van der Waals surface area contributed by atoms with Gasteiger partial charge in [0.2, 0.25) is 11.6 Å². The molecule has 1 amide bonds. The van der Waals surface area contributed by atoms with Crippen LogP contribution in [0.25, 0.3) is 16.7 Å². The number of methoxy groups -OCH3 is 1. The third-order valence-corrected chi connectivity index (χ3v) is 7.57. The maximum atomic E-state index is 14.7. The van der Waals surface area contributed by atoms with Crippen LogP contribution in [0.4, 0.5) is 8.78 Å². The maximum Gasteiger partial charge on any atom is 0.309 e. The van der Waals surface area contributed by atoms with Crippen molar-refractivity contribution in [2.45, 2.75) is 38.0 Å². The summed E-state index contributed by atoms with van der Waals surface area (Å²) >= 11 is 5.85. The Balaban J connectivity index is 1.64. The Kier molecular flexibility index (Phi) is 8.46. The molecule has 0 radical (unpaired) electrons. The minimum atomic E-state index is -0.972. The Morgan fingerprint density at radius 3 is 2.79 bits per heavy atom. The van der Waals surface area contributed by atoms with Crippen molar-refractivity contribution < 1.29 is 33.0 Å². The van der Waals surface area contributed by atoms with Crippen molar-refractivity contribution in [3.05, 3.63) is 116 Å². The van der Waals surface area contributed by atoms with Crippen LogP contribution >= 0.6 is 11.6 Å². The highest BCUT2D eigenvalue weighted by Crippen LogP contribution is 2.35. The van der Waals surface area contributed by atoms with Gasteiger partial charge in [0.25, 0.3) is 0 Å². The predicted octanol–water partition coefficient (Wildman–Crippen LogP) is 4.39. The van der Waals surface area contributed by atoms with E-state index in [9.17, 15) is 28.8 Å². The molecule has 3 aromatic rings.